The topological polar surface area (TPSA) is 168 Å². The molecule has 0 spiro atoms. The van der Waals surface area contributed by atoms with Gasteiger partial charge in [-0.3, -0.25) is 0 Å². The van der Waals surface area contributed by atoms with E-state index in [1.807, 2.05) is 0 Å². The summed E-state index contributed by atoms with van der Waals surface area (Å²) < 4.78 is 89.1. The molecule has 0 aliphatic rings. The SMILES string of the molecule is COCC(COC)COCC(COCC(O)C(COC)COC)OCCOC(COCCOC(COC)COC)COCCOC(COC)COC. The Morgan fingerprint density at radius 3 is 0.981 bits per heavy atom. The van der Waals surface area contributed by atoms with Gasteiger partial charge in [-0.25, -0.2) is 0 Å². The Balaban J connectivity index is 5.13. The summed E-state index contributed by atoms with van der Waals surface area (Å²) in [4.78, 5) is 0. The third-order valence-corrected chi connectivity index (χ3v) is 7.33. The lowest BCUT2D eigenvalue weighted by Gasteiger charge is -2.24. The molecule has 0 aliphatic carbocycles. The molecule has 0 bridgehead atoms. The molecule has 0 aromatic carbocycles. The van der Waals surface area contributed by atoms with Gasteiger partial charge in [-0.1, -0.05) is 0 Å². The van der Waals surface area contributed by atoms with Crippen molar-refractivity contribution in [1.29, 1.82) is 0 Å². The zero-order valence-corrected chi connectivity index (χ0v) is 33.2. The Kier molecular flexibility index (Phi) is 38.1. The molecule has 0 saturated carbocycles. The first-order valence-corrected chi connectivity index (χ1v) is 17.8. The van der Waals surface area contributed by atoms with Crippen LogP contribution in [0.15, 0.2) is 0 Å². The van der Waals surface area contributed by atoms with Crippen molar-refractivity contribution in [2.45, 2.75) is 30.5 Å². The highest BCUT2D eigenvalue weighted by atomic mass is 16.6. The van der Waals surface area contributed by atoms with Gasteiger partial charge >= 0.3 is 0 Å². The average Bonchev–Trinajstić information content (AvgIpc) is 3.12. The van der Waals surface area contributed by atoms with E-state index in [-0.39, 0.29) is 76.4 Å². The largest absolute Gasteiger partial charge is 0.390 e. The second kappa shape index (κ2) is 38.6. The van der Waals surface area contributed by atoms with E-state index in [0.717, 1.165) is 0 Å². The average molecular weight is 765 g/mol. The van der Waals surface area contributed by atoms with E-state index in [0.29, 0.717) is 85.9 Å². The number of aliphatic hydroxyl groups excluding tert-OH is 1. The summed E-state index contributed by atoms with van der Waals surface area (Å²) in [5.74, 6) is -0.157. The highest BCUT2D eigenvalue weighted by Crippen LogP contribution is 2.08. The summed E-state index contributed by atoms with van der Waals surface area (Å²) in [5, 5.41) is 10.6. The van der Waals surface area contributed by atoms with Gasteiger partial charge < -0.3 is 80.9 Å². The van der Waals surface area contributed by atoms with Gasteiger partial charge in [0.2, 0.25) is 0 Å². The highest BCUT2D eigenvalue weighted by molar-refractivity contribution is 4.69. The normalized spacial score (nSPS) is 13.5. The number of ether oxygens (including phenoxy) is 16. The molecule has 0 fully saturated rings. The first-order valence-electron chi connectivity index (χ1n) is 17.8. The second-order valence-corrected chi connectivity index (χ2v) is 12.0. The predicted octanol–water partition coefficient (Wildman–Crippen LogP) is 0.358. The Labute approximate surface area is 312 Å². The van der Waals surface area contributed by atoms with Crippen LogP contribution in [0.3, 0.4) is 0 Å². The van der Waals surface area contributed by atoms with Crippen LogP contribution < -0.4 is 0 Å². The van der Waals surface area contributed by atoms with E-state index in [2.05, 4.69) is 0 Å². The van der Waals surface area contributed by atoms with Crippen molar-refractivity contribution in [3.05, 3.63) is 0 Å². The van der Waals surface area contributed by atoms with Crippen LogP contribution in [0.25, 0.3) is 0 Å². The van der Waals surface area contributed by atoms with E-state index in [1.165, 1.54) is 0 Å². The van der Waals surface area contributed by atoms with Crippen LogP contribution in [0, 0.1) is 11.8 Å². The van der Waals surface area contributed by atoms with Crippen LogP contribution in [-0.2, 0) is 75.8 Å². The molecule has 0 aromatic rings. The standard InChI is InChI=1S/C35H72O17/c1-37-15-29(16-38-2)17-47-26-34(27-48-28-35(36)30(18-39-3)19-40-4)52-14-13-51-33(24-45-9-11-49-31(20-41-5)21-42-6)25-46-10-12-50-32(22-43-7)23-44-8/h29-36H,9-28H2,1-8H3. The Hall–Kier alpha value is -0.680. The first kappa shape index (κ1) is 51.3. The summed E-state index contributed by atoms with van der Waals surface area (Å²) in [6.07, 6.45) is -1.94. The van der Waals surface area contributed by atoms with E-state index < -0.39 is 12.2 Å². The van der Waals surface area contributed by atoms with Gasteiger partial charge in [-0.15, -0.1) is 0 Å². The fourth-order valence-electron chi connectivity index (χ4n) is 4.86. The molecule has 1 N–H and O–H groups in total. The molecule has 0 heterocycles. The number of aliphatic hydroxyl groups is 1. The van der Waals surface area contributed by atoms with Gasteiger partial charge in [0.25, 0.3) is 0 Å². The Morgan fingerprint density at radius 2 is 0.615 bits per heavy atom. The summed E-state index contributed by atoms with van der Waals surface area (Å²) in [5.41, 5.74) is 0. The lowest BCUT2D eigenvalue weighted by molar-refractivity contribution is -0.118. The first-order chi connectivity index (χ1) is 25.4. The number of rotatable bonds is 42. The van der Waals surface area contributed by atoms with Crippen molar-refractivity contribution in [2.75, 3.05) is 189 Å². The minimum atomic E-state index is -0.772. The van der Waals surface area contributed by atoms with Crippen LogP contribution in [0.2, 0.25) is 0 Å². The smallest absolute Gasteiger partial charge is 0.104 e. The van der Waals surface area contributed by atoms with Crippen molar-refractivity contribution in [2.24, 2.45) is 11.8 Å². The molecule has 0 saturated heterocycles. The van der Waals surface area contributed by atoms with Crippen molar-refractivity contribution in [3.8, 4) is 0 Å². The molecule has 0 amide bonds. The minimum Gasteiger partial charge on any atom is -0.390 e. The van der Waals surface area contributed by atoms with E-state index in [1.54, 1.807) is 56.9 Å². The van der Waals surface area contributed by atoms with E-state index in [4.69, 9.17) is 75.8 Å². The fourth-order valence-corrected chi connectivity index (χ4v) is 4.86. The predicted molar refractivity (Wildman–Crippen MR) is 190 cm³/mol. The minimum absolute atomic E-state index is 0.0683. The third-order valence-electron chi connectivity index (χ3n) is 7.33. The zero-order valence-electron chi connectivity index (χ0n) is 33.2. The van der Waals surface area contributed by atoms with Crippen molar-refractivity contribution in [1.82, 2.24) is 0 Å². The maximum atomic E-state index is 10.6. The molecule has 0 rings (SSSR count). The molecular weight excluding hydrogens is 692 g/mol. The summed E-state index contributed by atoms with van der Waals surface area (Å²) in [6, 6.07) is 0. The molecule has 0 radical (unpaired) electrons. The van der Waals surface area contributed by atoms with Gasteiger partial charge in [0, 0.05) is 68.7 Å². The summed E-state index contributed by atoms with van der Waals surface area (Å²) >= 11 is 0. The van der Waals surface area contributed by atoms with Gasteiger partial charge in [0.1, 0.15) is 24.4 Å². The molecule has 314 valence electrons. The summed E-state index contributed by atoms with van der Waals surface area (Å²) in [7, 11) is 12.9. The van der Waals surface area contributed by atoms with Gasteiger partial charge in [0.05, 0.1) is 138 Å². The maximum absolute atomic E-state index is 10.6. The fraction of sp³-hybridized carbons (Fsp3) is 1.00. The lowest BCUT2D eigenvalue weighted by Crippen LogP contribution is -2.35. The molecule has 2 unspecified atom stereocenters. The van der Waals surface area contributed by atoms with Gasteiger partial charge in [-0.2, -0.15) is 0 Å². The zero-order chi connectivity index (χ0) is 38.5. The molecule has 17 heteroatoms. The van der Waals surface area contributed by atoms with E-state index >= 15 is 0 Å². The second-order valence-electron chi connectivity index (χ2n) is 12.0. The number of hydrogen-bond donors (Lipinski definition) is 1. The molecule has 52 heavy (non-hydrogen) atoms. The Morgan fingerprint density at radius 1 is 0.308 bits per heavy atom. The van der Waals surface area contributed by atoms with Crippen LogP contribution in [0.4, 0.5) is 0 Å². The number of hydrogen-bond acceptors (Lipinski definition) is 17. The Bertz CT molecular complexity index is 662. The quantitative estimate of drug-likeness (QED) is 0.0846. The van der Waals surface area contributed by atoms with Crippen LogP contribution in [-0.4, -0.2) is 225 Å². The maximum Gasteiger partial charge on any atom is 0.104 e. The summed E-state index contributed by atoms with van der Waals surface area (Å²) in [6.45, 7) is 6.85. The monoisotopic (exact) mass is 764 g/mol. The number of methoxy groups -OCH3 is 8. The van der Waals surface area contributed by atoms with Crippen LogP contribution in [0.1, 0.15) is 0 Å². The molecule has 0 aliphatic heterocycles. The molecule has 17 nitrogen and oxygen atoms in total. The van der Waals surface area contributed by atoms with Crippen LogP contribution >= 0.6 is 0 Å². The van der Waals surface area contributed by atoms with Crippen LogP contribution in [0.5, 0.6) is 0 Å². The van der Waals surface area contributed by atoms with Gasteiger partial charge in [-0.05, 0) is 0 Å². The van der Waals surface area contributed by atoms with Crippen molar-refractivity contribution < 1.29 is 80.9 Å². The van der Waals surface area contributed by atoms with E-state index in [9.17, 15) is 5.11 Å². The molecular formula is C35H72O17. The highest BCUT2D eigenvalue weighted by Gasteiger charge is 2.21. The third kappa shape index (κ3) is 29.6. The van der Waals surface area contributed by atoms with Gasteiger partial charge in [0.15, 0.2) is 0 Å². The molecule has 2 atom stereocenters. The lowest BCUT2D eigenvalue weighted by atomic mass is 10.1. The molecule has 0 aromatic heterocycles. The van der Waals surface area contributed by atoms with Crippen molar-refractivity contribution in [3.63, 3.8) is 0 Å². The van der Waals surface area contributed by atoms with Crippen molar-refractivity contribution >= 4 is 0 Å².